The lowest BCUT2D eigenvalue weighted by molar-refractivity contribution is 0.225. The van der Waals surface area contributed by atoms with Gasteiger partial charge in [-0.05, 0) is 49.8 Å². The Hall–Kier alpha value is -0.340. The molecule has 0 aliphatic heterocycles. The molecular formula is C15H22BrN. The molecule has 2 atom stereocenters. The smallest absolute Gasteiger partial charge is 0.0320 e. The fourth-order valence-electron chi connectivity index (χ4n) is 2.54. The average molecular weight is 296 g/mol. The van der Waals surface area contributed by atoms with Gasteiger partial charge in [-0.1, -0.05) is 41.4 Å². The summed E-state index contributed by atoms with van der Waals surface area (Å²) in [6.07, 6.45) is 5.39. The van der Waals surface area contributed by atoms with Gasteiger partial charge in [-0.25, -0.2) is 0 Å². The highest BCUT2D eigenvalue weighted by atomic mass is 79.9. The third-order valence-electron chi connectivity index (χ3n) is 4.00. The zero-order chi connectivity index (χ0) is 12.3. The van der Waals surface area contributed by atoms with Crippen molar-refractivity contribution in [2.24, 2.45) is 5.92 Å². The van der Waals surface area contributed by atoms with E-state index in [4.69, 9.17) is 0 Å². The molecule has 1 saturated carbocycles. The first-order valence-electron chi connectivity index (χ1n) is 6.72. The van der Waals surface area contributed by atoms with Gasteiger partial charge in [0.05, 0.1) is 0 Å². The first-order valence-corrected chi connectivity index (χ1v) is 7.51. The fourth-order valence-corrected chi connectivity index (χ4v) is 2.80. The van der Waals surface area contributed by atoms with Crippen LogP contribution in [0.15, 0.2) is 28.7 Å². The van der Waals surface area contributed by atoms with Gasteiger partial charge in [0.1, 0.15) is 0 Å². The summed E-state index contributed by atoms with van der Waals surface area (Å²) in [6, 6.07) is 9.86. The zero-order valence-corrected chi connectivity index (χ0v) is 12.3. The summed E-state index contributed by atoms with van der Waals surface area (Å²) in [6.45, 7) is 4.60. The molecule has 0 heterocycles. The van der Waals surface area contributed by atoms with E-state index in [-0.39, 0.29) is 0 Å². The normalized spacial score (nSPS) is 19.7. The third kappa shape index (κ3) is 3.32. The lowest BCUT2D eigenvalue weighted by Crippen LogP contribution is -2.39. The Balaban J connectivity index is 1.97. The second-order valence-corrected chi connectivity index (χ2v) is 6.07. The van der Waals surface area contributed by atoms with Gasteiger partial charge >= 0.3 is 0 Å². The van der Waals surface area contributed by atoms with Gasteiger partial charge in [-0.3, -0.25) is 0 Å². The number of benzene rings is 1. The molecule has 2 rings (SSSR count). The van der Waals surface area contributed by atoms with Crippen LogP contribution in [-0.4, -0.2) is 6.04 Å². The minimum Gasteiger partial charge on any atom is -0.307 e. The van der Waals surface area contributed by atoms with E-state index in [2.05, 4.69) is 59.4 Å². The van der Waals surface area contributed by atoms with Crippen molar-refractivity contribution < 1.29 is 0 Å². The molecule has 2 unspecified atom stereocenters. The average Bonchev–Trinajstić information content (AvgIpc) is 2.25. The first-order chi connectivity index (χ1) is 8.20. The van der Waals surface area contributed by atoms with Gasteiger partial charge in [0, 0.05) is 16.6 Å². The molecule has 0 spiro atoms. The van der Waals surface area contributed by atoms with Gasteiger partial charge in [-0.15, -0.1) is 0 Å². The Morgan fingerprint density at radius 3 is 2.41 bits per heavy atom. The zero-order valence-electron chi connectivity index (χ0n) is 10.7. The van der Waals surface area contributed by atoms with E-state index in [0.29, 0.717) is 12.1 Å². The van der Waals surface area contributed by atoms with E-state index in [0.717, 1.165) is 16.8 Å². The predicted octanol–water partition coefficient (Wildman–Crippen LogP) is 4.68. The summed E-state index contributed by atoms with van der Waals surface area (Å²) in [7, 11) is 0. The Labute approximate surface area is 113 Å². The molecular weight excluding hydrogens is 274 g/mol. The molecule has 1 aliphatic rings. The second kappa shape index (κ2) is 6.01. The van der Waals surface area contributed by atoms with E-state index in [1.54, 1.807) is 0 Å². The minimum absolute atomic E-state index is 0.499. The molecule has 1 fully saturated rings. The van der Waals surface area contributed by atoms with Crippen molar-refractivity contribution in [2.75, 3.05) is 0 Å². The van der Waals surface area contributed by atoms with Crippen molar-refractivity contribution in [1.29, 1.82) is 0 Å². The van der Waals surface area contributed by atoms with Crippen LogP contribution in [0.4, 0.5) is 0 Å². The van der Waals surface area contributed by atoms with Gasteiger partial charge in [-0.2, -0.15) is 0 Å². The molecule has 1 aromatic carbocycles. The lowest BCUT2D eigenvalue weighted by atomic mass is 9.80. The van der Waals surface area contributed by atoms with E-state index in [9.17, 15) is 0 Å². The molecule has 1 aromatic rings. The Kier molecular flexibility index (Phi) is 4.63. The third-order valence-corrected chi connectivity index (χ3v) is 4.53. The largest absolute Gasteiger partial charge is 0.307 e. The number of hydrogen-bond donors (Lipinski definition) is 1. The standard InChI is InChI=1S/C15H22BrN/c1-3-15(13-7-9-14(16)10-8-13)17-11(2)12-5-4-6-12/h7-12,15,17H,3-6H2,1-2H3. The topological polar surface area (TPSA) is 12.0 Å². The van der Waals surface area contributed by atoms with Crippen LogP contribution in [0.5, 0.6) is 0 Å². The highest BCUT2D eigenvalue weighted by Crippen LogP contribution is 2.31. The van der Waals surface area contributed by atoms with Crippen LogP contribution >= 0.6 is 15.9 Å². The molecule has 0 bridgehead atoms. The lowest BCUT2D eigenvalue weighted by Gasteiger charge is -2.34. The Bertz CT molecular complexity index is 342. The molecule has 0 saturated heterocycles. The van der Waals surface area contributed by atoms with E-state index in [1.165, 1.54) is 24.8 Å². The summed E-state index contributed by atoms with van der Waals surface area (Å²) in [4.78, 5) is 0. The molecule has 2 heteroatoms. The highest BCUT2D eigenvalue weighted by Gasteiger charge is 2.25. The monoisotopic (exact) mass is 295 g/mol. The quantitative estimate of drug-likeness (QED) is 0.832. The van der Waals surface area contributed by atoms with E-state index in [1.807, 2.05) is 0 Å². The number of halogens is 1. The van der Waals surface area contributed by atoms with Crippen LogP contribution in [0.25, 0.3) is 0 Å². The van der Waals surface area contributed by atoms with Crippen LogP contribution in [0.3, 0.4) is 0 Å². The molecule has 17 heavy (non-hydrogen) atoms. The number of rotatable bonds is 5. The van der Waals surface area contributed by atoms with Crippen molar-refractivity contribution >= 4 is 15.9 Å². The van der Waals surface area contributed by atoms with Gasteiger partial charge in [0.15, 0.2) is 0 Å². The summed E-state index contributed by atoms with van der Waals surface area (Å²) < 4.78 is 1.16. The van der Waals surface area contributed by atoms with Crippen molar-refractivity contribution in [2.45, 2.75) is 51.6 Å². The van der Waals surface area contributed by atoms with Gasteiger partial charge in [0.25, 0.3) is 0 Å². The summed E-state index contributed by atoms with van der Waals surface area (Å²) in [5.74, 6) is 0.902. The van der Waals surface area contributed by atoms with E-state index < -0.39 is 0 Å². The maximum atomic E-state index is 3.79. The second-order valence-electron chi connectivity index (χ2n) is 5.16. The van der Waals surface area contributed by atoms with Crippen LogP contribution < -0.4 is 5.32 Å². The van der Waals surface area contributed by atoms with Crippen LogP contribution in [0.2, 0.25) is 0 Å². The number of nitrogens with one attached hydrogen (secondary N) is 1. The van der Waals surface area contributed by atoms with Crippen LogP contribution in [-0.2, 0) is 0 Å². The first kappa shape index (κ1) is 13.1. The van der Waals surface area contributed by atoms with Crippen molar-refractivity contribution in [3.63, 3.8) is 0 Å². The van der Waals surface area contributed by atoms with Crippen molar-refractivity contribution in [1.82, 2.24) is 5.32 Å². The molecule has 94 valence electrons. The molecule has 0 amide bonds. The molecule has 1 aliphatic carbocycles. The fraction of sp³-hybridized carbons (Fsp3) is 0.600. The van der Waals surface area contributed by atoms with Crippen LogP contribution in [0.1, 0.15) is 51.1 Å². The van der Waals surface area contributed by atoms with E-state index >= 15 is 0 Å². The maximum Gasteiger partial charge on any atom is 0.0320 e. The number of hydrogen-bond acceptors (Lipinski definition) is 1. The molecule has 1 nitrogen and oxygen atoms in total. The van der Waals surface area contributed by atoms with Crippen molar-refractivity contribution in [3.05, 3.63) is 34.3 Å². The summed E-state index contributed by atoms with van der Waals surface area (Å²) in [5.41, 5.74) is 1.40. The minimum atomic E-state index is 0.499. The maximum absolute atomic E-state index is 3.79. The summed E-state index contributed by atoms with van der Waals surface area (Å²) in [5, 5.41) is 3.79. The summed E-state index contributed by atoms with van der Waals surface area (Å²) >= 11 is 3.49. The van der Waals surface area contributed by atoms with Gasteiger partial charge < -0.3 is 5.32 Å². The molecule has 0 aromatic heterocycles. The van der Waals surface area contributed by atoms with Gasteiger partial charge in [0.2, 0.25) is 0 Å². The molecule has 0 radical (unpaired) electrons. The SMILES string of the molecule is CCC(NC(C)C1CCC1)c1ccc(Br)cc1. The Morgan fingerprint density at radius 1 is 1.29 bits per heavy atom. The molecule has 1 N–H and O–H groups in total. The Morgan fingerprint density at radius 2 is 1.94 bits per heavy atom. The van der Waals surface area contributed by atoms with Crippen molar-refractivity contribution in [3.8, 4) is 0 Å². The highest BCUT2D eigenvalue weighted by molar-refractivity contribution is 9.10. The predicted molar refractivity (Wildman–Crippen MR) is 77.1 cm³/mol. The van der Waals surface area contributed by atoms with Crippen LogP contribution in [0, 0.1) is 5.92 Å².